The summed E-state index contributed by atoms with van der Waals surface area (Å²) >= 11 is 0. The quantitative estimate of drug-likeness (QED) is 0.933. The second kappa shape index (κ2) is 5.29. The predicted molar refractivity (Wildman–Crippen MR) is 79.6 cm³/mol. The molecule has 0 spiro atoms. The summed E-state index contributed by atoms with van der Waals surface area (Å²) < 4.78 is 7.56. The molecule has 1 N–H and O–H groups in total. The van der Waals surface area contributed by atoms with Crippen LogP contribution in [0.15, 0.2) is 24.3 Å². The molecule has 0 saturated carbocycles. The monoisotopic (exact) mass is 271 g/mol. The Morgan fingerprint density at radius 3 is 2.65 bits per heavy atom. The molecule has 0 aliphatic carbocycles. The van der Waals surface area contributed by atoms with E-state index in [0.29, 0.717) is 5.92 Å². The third-order valence-electron chi connectivity index (χ3n) is 3.76. The number of hydrogen-bond donors (Lipinski definition) is 1. The Balaban J connectivity index is 2.12. The van der Waals surface area contributed by atoms with Gasteiger partial charge in [-0.15, -0.1) is 0 Å². The van der Waals surface area contributed by atoms with E-state index >= 15 is 0 Å². The van der Waals surface area contributed by atoms with Crippen molar-refractivity contribution in [3.63, 3.8) is 0 Å². The van der Waals surface area contributed by atoms with Gasteiger partial charge in [-0.25, -0.2) is 4.98 Å². The molecule has 1 aromatic heterocycles. The molecule has 4 heteroatoms. The Bertz CT molecular complexity index is 599. The van der Waals surface area contributed by atoms with Crippen molar-refractivity contribution in [1.82, 2.24) is 14.9 Å². The fourth-order valence-corrected chi connectivity index (χ4v) is 2.74. The van der Waals surface area contributed by atoms with Gasteiger partial charge in [0, 0.05) is 36.8 Å². The molecular weight excluding hydrogens is 250 g/mol. The van der Waals surface area contributed by atoms with Crippen LogP contribution in [0.5, 0.6) is 5.75 Å². The molecule has 1 aliphatic rings. The number of hydrogen-bond acceptors (Lipinski definition) is 3. The summed E-state index contributed by atoms with van der Waals surface area (Å²) in [5, 5.41) is 3.39. The first-order chi connectivity index (χ1) is 9.70. The Hall–Kier alpha value is -1.81. The average molecular weight is 271 g/mol. The third-order valence-corrected chi connectivity index (χ3v) is 3.76. The molecule has 1 aliphatic heterocycles. The van der Waals surface area contributed by atoms with Crippen molar-refractivity contribution in [3.05, 3.63) is 41.5 Å². The van der Waals surface area contributed by atoms with E-state index in [2.05, 4.69) is 35.9 Å². The SMILES string of the molecule is COc1ccc(-n2c(C(C)C)nc3c2CCNC3)cc1. The molecule has 0 unspecified atom stereocenters. The fraction of sp³-hybridized carbons (Fsp3) is 0.438. The lowest BCUT2D eigenvalue weighted by Gasteiger charge is -2.17. The zero-order valence-corrected chi connectivity index (χ0v) is 12.3. The van der Waals surface area contributed by atoms with Gasteiger partial charge in [-0.1, -0.05) is 13.8 Å². The number of nitrogens with zero attached hydrogens (tertiary/aromatic N) is 2. The Morgan fingerprint density at radius 1 is 1.25 bits per heavy atom. The van der Waals surface area contributed by atoms with Crippen LogP contribution in [-0.2, 0) is 13.0 Å². The van der Waals surface area contributed by atoms with Crippen LogP contribution in [-0.4, -0.2) is 23.2 Å². The number of rotatable bonds is 3. The summed E-state index contributed by atoms with van der Waals surface area (Å²) in [5.41, 5.74) is 3.71. The lowest BCUT2D eigenvalue weighted by Crippen LogP contribution is -2.24. The first kappa shape index (κ1) is 13.2. The molecule has 0 radical (unpaired) electrons. The highest BCUT2D eigenvalue weighted by Crippen LogP contribution is 2.26. The minimum atomic E-state index is 0.405. The van der Waals surface area contributed by atoms with E-state index in [4.69, 9.17) is 9.72 Å². The summed E-state index contributed by atoms with van der Waals surface area (Å²) in [4.78, 5) is 4.84. The van der Waals surface area contributed by atoms with E-state index in [1.165, 1.54) is 17.1 Å². The Kier molecular flexibility index (Phi) is 3.49. The van der Waals surface area contributed by atoms with Gasteiger partial charge < -0.3 is 14.6 Å². The molecule has 4 nitrogen and oxygen atoms in total. The van der Waals surface area contributed by atoms with Crippen LogP contribution in [0.3, 0.4) is 0 Å². The van der Waals surface area contributed by atoms with E-state index in [-0.39, 0.29) is 0 Å². The van der Waals surface area contributed by atoms with Crippen molar-refractivity contribution in [2.45, 2.75) is 32.7 Å². The Morgan fingerprint density at radius 2 is 2.00 bits per heavy atom. The van der Waals surface area contributed by atoms with Crippen molar-refractivity contribution >= 4 is 0 Å². The maximum absolute atomic E-state index is 5.24. The highest BCUT2D eigenvalue weighted by molar-refractivity contribution is 5.42. The molecule has 0 fully saturated rings. The van der Waals surface area contributed by atoms with Gasteiger partial charge in [-0.2, -0.15) is 0 Å². The van der Waals surface area contributed by atoms with Crippen molar-refractivity contribution in [1.29, 1.82) is 0 Å². The van der Waals surface area contributed by atoms with Gasteiger partial charge in [-0.3, -0.25) is 0 Å². The molecule has 0 bridgehead atoms. The fourth-order valence-electron chi connectivity index (χ4n) is 2.74. The van der Waals surface area contributed by atoms with Gasteiger partial charge in [0.1, 0.15) is 11.6 Å². The smallest absolute Gasteiger partial charge is 0.119 e. The minimum absolute atomic E-state index is 0.405. The number of benzene rings is 1. The molecule has 2 heterocycles. The van der Waals surface area contributed by atoms with Gasteiger partial charge in [0.25, 0.3) is 0 Å². The van der Waals surface area contributed by atoms with Crippen LogP contribution in [0.4, 0.5) is 0 Å². The molecule has 0 amide bonds. The number of methoxy groups -OCH3 is 1. The van der Waals surface area contributed by atoms with Crippen LogP contribution < -0.4 is 10.1 Å². The first-order valence-corrected chi connectivity index (χ1v) is 7.16. The average Bonchev–Trinajstić information content (AvgIpc) is 2.87. The summed E-state index contributed by atoms with van der Waals surface area (Å²) in [6.45, 7) is 6.28. The zero-order chi connectivity index (χ0) is 14.1. The number of nitrogens with one attached hydrogen (secondary N) is 1. The summed E-state index contributed by atoms with van der Waals surface area (Å²) in [5.74, 6) is 2.43. The van der Waals surface area contributed by atoms with Crippen molar-refractivity contribution < 1.29 is 4.74 Å². The number of ether oxygens (including phenoxy) is 1. The molecular formula is C16H21N3O. The van der Waals surface area contributed by atoms with E-state index in [9.17, 15) is 0 Å². The minimum Gasteiger partial charge on any atom is -0.497 e. The van der Waals surface area contributed by atoms with E-state index < -0.39 is 0 Å². The van der Waals surface area contributed by atoms with E-state index in [0.717, 1.165) is 31.1 Å². The summed E-state index contributed by atoms with van der Waals surface area (Å²) in [7, 11) is 1.69. The zero-order valence-electron chi connectivity index (χ0n) is 12.3. The maximum atomic E-state index is 5.24. The highest BCUT2D eigenvalue weighted by atomic mass is 16.5. The number of imidazole rings is 1. The molecule has 1 aromatic carbocycles. The van der Waals surface area contributed by atoms with Crippen LogP contribution in [0, 0.1) is 0 Å². The highest BCUT2D eigenvalue weighted by Gasteiger charge is 2.22. The van der Waals surface area contributed by atoms with Crippen LogP contribution in [0.1, 0.15) is 37.0 Å². The second-order valence-corrected chi connectivity index (χ2v) is 5.48. The van der Waals surface area contributed by atoms with Gasteiger partial charge in [0.2, 0.25) is 0 Å². The summed E-state index contributed by atoms with van der Waals surface area (Å²) in [6.07, 6.45) is 1.03. The lowest BCUT2D eigenvalue weighted by molar-refractivity contribution is 0.414. The molecule has 106 valence electrons. The van der Waals surface area contributed by atoms with Crippen molar-refractivity contribution in [2.75, 3.05) is 13.7 Å². The number of aromatic nitrogens is 2. The molecule has 3 rings (SSSR count). The second-order valence-electron chi connectivity index (χ2n) is 5.48. The van der Waals surface area contributed by atoms with Crippen molar-refractivity contribution in [2.24, 2.45) is 0 Å². The maximum Gasteiger partial charge on any atom is 0.119 e. The molecule has 0 atom stereocenters. The summed E-state index contributed by atoms with van der Waals surface area (Å²) in [6, 6.07) is 8.23. The Labute approximate surface area is 119 Å². The largest absolute Gasteiger partial charge is 0.497 e. The van der Waals surface area contributed by atoms with Gasteiger partial charge in [-0.05, 0) is 24.3 Å². The molecule has 0 saturated heterocycles. The van der Waals surface area contributed by atoms with Crippen molar-refractivity contribution in [3.8, 4) is 11.4 Å². The van der Waals surface area contributed by atoms with Gasteiger partial charge >= 0.3 is 0 Å². The molecule has 2 aromatic rings. The van der Waals surface area contributed by atoms with Crippen LogP contribution in [0.2, 0.25) is 0 Å². The molecule has 20 heavy (non-hydrogen) atoms. The number of fused-ring (bicyclic) bond motifs is 1. The standard InChI is InChI=1S/C16H21N3O/c1-11(2)16-18-14-10-17-9-8-15(14)19(16)12-4-6-13(20-3)7-5-12/h4-7,11,17H,8-10H2,1-3H3. The van der Waals surface area contributed by atoms with Gasteiger partial charge in [0.05, 0.1) is 12.8 Å². The van der Waals surface area contributed by atoms with Crippen LogP contribution in [0.25, 0.3) is 5.69 Å². The van der Waals surface area contributed by atoms with E-state index in [1.54, 1.807) is 7.11 Å². The van der Waals surface area contributed by atoms with Crippen LogP contribution >= 0.6 is 0 Å². The predicted octanol–water partition coefficient (Wildman–Crippen LogP) is 2.65. The lowest BCUT2D eigenvalue weighted by atomic mass is 10.1. The topological polar surface area (TPSA) is 39.1 Å². The van der Waals surface area contributed by atoms with Gasteiger partial charge in [0.15, 0.2) is 0 Å². The normalized spacial score (nSPS) is 14.4. The first-order valence-electron chi connectivity index (χ1n) is 7.16. The third kappa shape index (κ3) is 2.20. The van der Waals surface area contributed by atoms with E-state index in [1.807, 2.05) is 12.1 Å².